The number of nitrogens with zero attached hydrogens (tertiary/aromatic N) is 4. The molecule has 2 aromatic heterocycles. The number of hydrogen-bond acceptors (Lipinski definition) is 5. The van der Waals surface area contributed by atoms with Crippen LogP contribution < -0.4 is 10.3 Å². The molecule has 0 saturated carbocycles. The summed E-state index contributed by atoms with van der Waals surface area (Å²) in [4.78, 5) is 12.8. The van der Waals surface area contributed by atoms with E-state index < -0.39 is 0 Å². The van der Waals surface area contributed by atoms with E-state index >= 15 is 0 Å². The van der Waals surface area contributed by atoms with Crippen molar-refractivity contribution in [3.05, 3.63) is 76.0 Å². The van der Waals surface area contributed by atoms with Crippen molar-refractivity contribution in [2.45, 2.75) is 11.7 Å². The summed E-state index contributed by atoms with van der Waals surface area (Å²) in [7, 11) is 0. The van der Waals surface area contributed by atoms with E-state index in [0.29, 0.717) is 30.1 Å². The van der Waals surface area contributed by atoms with Crippen molar-refractivity contribution in [2.24, 2.45) is 0 Å². The molecule has 0 unspecified atom stereocenters. The molecule has 4 rings (SSSR count). The lowest BCUT2D eigenvalue weighted by Gasteiger charge is -2.10. The zero-order valence-electron chi connectivity index (χ0n) is 14.9. The maximum Gasteiger partial charge on any atom is 0.263 e. The number of thioether (sulfide) groups is 1. The third-order valence-corrected chi connectivity index (χ3v) is 5.56. The zero-order valence-corrected chi connectivity index (χ0v) is 17.3. The summed E-state index contributed by atoms with van der Waals surface area (Å²) in [6.45, 7) is 4.65. The summed E-state index contributed by atoms with van der Waals surface area (Å²) in [5.74, 6) is 2.02. The highest BCUT2D eigenvalue weighted by atomic mass is 79.9. The highest BCUT2D eigenvalue weighted by molar-refractivity contribution is 9.10. The first kappa shape index (κ1) is 18.8. The van der Waals surface area contributed by atoms with Gasteiger partial charge in [0.1, 0.15) is 5.75 Å². The van der Waals surface area contributed by atoms with Gasteiger partial charge < -0.3 is 4.74 Å². The standard InChI is InChI=1S/C20H17BrN4O2S/c1-2-10-24-18(26)16-8-3-4-9-17(16)25-19(24)22-23-20(25)28-12-11-27-15-7-5-6-14(21)13-15/h2-9,13H,1,10-12H2. The molecule has 6 nitrogen and oxygen atoms in total. The molecular weight excluding hydrogens is 440 g/mol. The maximum atomic E-state index is 12.8. The number of aromatic nitrogens is 4. The Labute approximate surface area is 174 Å². The van der Waals surface area contributed by atoms with Gasteiger partial charge in [-0.25, -0.2) is 0 Å². The summed E-state index contributed by atoms with van der Waals surface area (Å²) >= 11 is 4.98. The molecule has 0 aliphatic heterocycles. The Morgan fingerprint density at radius 2 is 2.04 bits per heavy atom. The maximum absolute atomic E-state index is 12.8. The normalized spacial score (nSPS) is 11.2. The van der Waals surface area contributed by atoms with Crippen molar-refractivity contribution in [2.75, 3.05) is 12.4 Å². The molecular formula is C20H17BrN4O2S. The molecule has 0 bridgehead atoms. The molecule has 4 aromatic rings. The first-order valence-electron chi connectivity index (χ1n) is 8.68. The van der Waals surface area contributed by atoms with Gasteiger partial charge in [0.2, 0.25) is 5.78 Å². The molecule has 0 fully saturated rings. The smallest absolute Gasteiger partial charge is 0.263 e. The molecule has 0 aliphatic rings. The Kier molecular flexibility index (Phi) is 5.50. The number of rotatable bonds is 7. The lowest BCUT2D eigenvalue weighted by molar-refractivity contribution is 0.343. The Balaban J connectivity index is 1.63. The predicted octanol–water partition coefficient (Wildman–Crippen LogP) is 4.16. The van der Waals surface area contributed by atoms with Crippen molar-refractivity contribution < 1.29 is 4.74 Å². The Hall–Kier alpha value is -2.58. The van der Waals surface area contributed by atoms with Gasteiger partial charge in [-0.05, 0) is 30.3 Å². The van der Waals surface area contributed by atoms with Crippen LogP contribution in [0.15, 0.2) is 75.6 Å². The number of halogens is 1. The molecule has 0 radical (unpaired) electrons. The second kappa shape index (κ2) is 8.20. The second-order valence-corrected chi connectivity index (χ2v) is 7.97. The minimum absolute atomic E-state index is 0.0927. The van der Waals surface area contributed by atoms with E-state index in [1.807, 2.05) is 52.9 Å². The van der Waals surface area contributed by atoms with Crippen LogP contribution in [0.25, 0.3) is 16.7 Å². The number of hydrogen-bond donors (Lipinski definition) is 0. The minimum Gasteiger partial charge on any atom is -0.493 e. The number of allylic oxidation sites excluding steroid dienone is 1. The van der Waals surface area contributed by atoms with Gasteiger partial charge in [0.25, 0.3) is 5.56 Å². The van der Waals surface area contributed by atoms with Crippen LogP contribution in [0.1, 0.15) is 0 Å². The molecule has 0 N–H and O–H groups in total. The fraction of sp³-hybridized carbons (Fsp3) is 0.150. The summed E-state index contributed by atoms with van der Waals surface area (Å²) in [5.41, 5.74) is 0.702. The number of fused-ring (bicyclic) bond motifs is 3. The molecule has 0 atom stereocenters. The lowest BCUT2D eigenvalue weighted by Crippen LogP contribution is -2.22. The molecule has 0 saturated heterocycles. The Bertz CT molecular complexity index is 1220. The van der Waals surface area contributed by atoms with Crippen LogP contribution in [0.4, 0.5) is 0 Å². The fourth-order valence-electron chi connectivity index (χ4n) is 2.97. The van der Waals surface area contributed by atoms with Crippen LogP contribution in [-0.2, 0) is 6.54 Å². The SMILES string of the molecule is C=CCn1c(=O)c2ccccc2n2c(SCCOc3cccc(Br)c3)nnc12. The molecule has 8 heteroatoms. The van der Waals surface area contributed by atoms with Gasteiger partial charge in [0.15, 0.2) is 5.16 Å². The summed E-state index contributed by atoms with van der Waals surface area (Å²) in [6, 6.07) is 15.2. The van der Waals surface area contributed by atoms with Crippen LogP contribution in [0.3, 0.4) is 0 Å². The van der Waals surface area contributed by atoms with Crippen LogP contribution in [0.2, 0.25) is 0 Å². The Morgan fingerprint density at radius 1 is 1.18 bits per heavy atom. The van der Waals surface area contributed by atoms with Crippen LogP contribution in [-0.4, -0.2) is 31.5 Å². The highest BCUT2D eigenvalue weighted by Crippen LogP contribution is 2.22. The van der Waals surface area contributed by atoms with Crippen molar-refractivity contribution in [1.29, 1.82) is 0 Å². The van der Waals surface area contributed by atoms with Gasteiger partial charge >= 0.3 is 0 Å². The molecule has 28 heavy (non-hydrogen) atoms. The molecule has 142 valence electrons. The molecule has 0 amide bonds. The first-order valence-corrected chi connectivity index (χ1v) is 10.5. The van der Waals surface area contributed by atoms with E-state index in [4.69, 9.17) is 4.74 Å². The van der Waals surface area contributed by atoms with Gasteiger partial charge in [0.05, 0.1) is 17.5 Å². The summed E-state index contributed by atoms with van der Waals surface area (Å²) in [5, 5.41) is 9.92. The van der Waals surface area contributed by atoms with Crippen molar-refractivity contribution in [3.63, 3.8) is 0 Å². The molecule has 2 aromatic carbocycles. The lowest BCUT2D eigenvalue weighted by atomic mass is 10.2. The minimum atomic E-state index is -0.0927. The van der Waals surface area contributed by atoms with Gasteiger partial charge in [-0.3, -0.25) is 13.8 Å². The summed E-state index contributed by atoms with van der Waals surface area (Å²) < 4.78 is 10.3. The van der Waals surface area contributed by atoms with Gasteiger partial charge in [-0.15, -0.1) is 16.8 Å². The monoisotopic (exact) mass is 456 g/mol. The molecule has 0 spiro atoms. The average molecular weight is 457 g/mol. The third kappa shape index (κ3) is 3.57. The Morgan fingerprint density at radius 3 is 2.86 bits per heavy atom. The van der Waals surface area contributed by atoms with E-state index in [-0.39, 0.29) is 5.56 Å². The number of ether oxygens (including phenoxy) is 1. The van der Waals surface area contributed by atoms with E-state index in [0.717, 1.165) is 20.9 Å². The van der Waals surface area contributed by atoms with Gasteiger partial charge in [0, 0.05) is 16.8 Å². The van der Waals surface area contributed by atoms with E-state index in [1.165, 1.54) is 11.8 Å². The van der Waals surface area contributed by atoms with Gasteiger partial charge in [-0.1, -0.05) is 52.0 Å². The third-order valence-electron chi connectivity index (χ3n) is 4.17. The van der Waals surface area contributed by atoms with Crippen molar-refractivity contribution >= 4 is 44.4 Å². The predicted molar refractivity (Wildman–Crippen MR) is 115 cm³/mol. The van der Waals surface area contributed by atoms with E-state index in [2.05, 4.69) is 32.7 Å². The van der Waals surface area contributed by atoms with Crippen LogP contribution >= 0.6 is 27.7 Å². The van der Waals surface area contributed by atoms with Crippen LogP contribution in [0.5, 0.6) is 5.75 Å². The number of para-hydroxylation sites is 1. The van der Waals surface area contributed by atoms with E-state index in [1.54, 1.807) is 10.6 Å². The molecule has 2 heterocycles. The van der Waals surface area contributed by atoms with Crippen molar-refractivity contribution in [1.82, 2.24) is 19.2 Å². The van der Waals surface area contributed by atoms with E-state index in [9.17, 15) is 4.79 Å². The topological polar surface area (TPSA) is 61.4 Å². The fourth-order valence-corrected chi connectivity index (χ4v) is 4.11. The highest BCUT2D eigenvalue weighted by Gasteiger charge is 2.16. The van der Waals surface area contributed by atoms with Crippen molar-refractivity contribution in [3.8, 4) is 5.75 Å². The van der Waals surface area contributed by atoms with Gasteiger partial charge in [-0.2, -0.15) is 0 Å². The largest absolute Gasteiger partial charge is 0.493 e. The van der Waals surface area contributed by atoms with Crippen LogP contribution in [0, 0.1) is 0 Å². The molecule has 0 aliphatic carbocycles. The number of benzene rings is 2. The quantitative estimate of drug-likeness (QED) is 0.237. The second-order valence-electron chi connectivity index (χ2n) is 5.99. The average Bonchev–Trinajstić information content (AvgIpc) is 3.12. The zero-order chi connectivity index (χ0) is 19.5. The summed E-state index contributed by atoms with van der Waals surface area (Å²) in [6.07, 6.45) is 1.68. The first-order chi connectivity index (χ1) is 13.7.